The topological polar surface area (TPSA) is 40.1 Å². The van der Waals surface area contributed by atoms with Crippen molar-refractivity contribution in [2.24, 2.45) is 4.99 Å². The number of likely N-dealkylation sites (N-methyl/N-ethyl adjacent to an activating group) is 1. The third-order valence-corrected chi connectivity index (χ3v) is 6.43. The summed E-state index contributed by atoms with van der Waals surface area (Å²) in [6.07, 6.45) is 0. The van der Waals surface area contributed by atoms with Gasteiger partial charge in [-0.3, -0.25) is 0 Å². The number of piperazine rings is 1. The van der Waals surface area contributed by atoms with Crippen LogP contribution in [0.4, 0.5) is 20.8 Å². The molecule has 2 aliphatic rings. The number of benzene rings is 2. The second-order valence-corrected chi connectivity index (χ2v) is 8.21. The zero-order valence-corrected chi connectivity index (χ0v) is 16.6. The van der Waals surface area contributed by atoms with E-state index in [1.807, 2.05) is 6.07 Å². The van der Waals surface area contributed by atoms with Gasteiger partial charge in [-0.05, 0) is 19.2 Å². The maximum Gasteiger partial charge on any atom is 0.149 e. The molecule has 1 N–H and O–H groups in total. The van der Waals surface area contributed by atoms with Gasteiger partial charge >= 0.3 is 0 Å². The average molecular weight is 396 g/mol. The van der Waals surface area contributed by atoms with Crippen LogP contribution in [0.5, 0.6) is 5.75 Å². The first-order valence-corrected chi connectivity index (χ1v) is 10.1. The summed E-state index contributed by atoms with van der Waals surface area (Å²) in [5.41, 5.74) is 2.36. The van der Waals surface area contributed by atoms with Crippen molar-refractivity contribution >= 4 is 43.6 Å². The Bertz CT molecular complexity index is 1090. The van der Waals surface area contributed by atoms with Crippen molar-refractivity contribution in [1.82, 2.24) is 9.80 Å². The molecule has 0 aliphatic carbocycles. The van der Waals surface area contributed by atoms with Gasteiger partial charge in [-0.2, -0.15) is 0 Å². The lowest BCUT2D eigenvalue weighted by Gasteiger charge is -2.34. The summed E-state index contributed by atoms with van der Waals surface area (Å²) in [5.74, 6) is 1.02. The van der Waals surface area contributed by atoms with Gasteiger partial charge in [0.1, 0.15) is 28.1 Å². The van der Waals surface area contributed by atoms with Crippen molar-refractivity contribution in [3.05, 3.63) is 47.8 Å². The average Bonchev–Trinajstić information content (AvgIpc) is 2.97. The molecule has 5 rings (SSSR count). The van der Waals surface area contributed by atoms with Crippen molar-refractivity contribution in [1.29, 1.82) is 0 Å². The second-order valence-electron chi connectivity index (χ2n) is 7.16. The molecule has 2 aliphatic heterocycles. The molecule has 144 valence electrons. The number of aliphatic imine (C=N–C) groups is 1. The molecule has 0 bridgehead atoms. The number of amidine groups is 1. The minimum Gasteiger partial charge on any atom is -0.494 e. The molecule has 3 heterocycles. The van der Waals surface area contributed by atoms with E-state index in [0.29, 0.717) is 17.1 Å². The van der Waals surface area contributed by atoms with Gasteiger partial charge in [0.05, 0.1) is 18.4 Å². The summed E-state index contributed by atoms with van der Waals surface area (Å²) in [4.78, 5) is 9.69. The van der Waals surface area contributed by atoms with Gasteiger partial charge in [-0.15, -0.1) is 11.3 Å². The van der Waals surface area contributed by atoms with Crippen LogP contribution in [0.1, 0.15) is 5.56 Å². The number of ether oxygens (including phenoxy) is 1. The zero-order chi connectivity index (χ0) is 19.3. The molecular weight excluding hydrogens is 375 g/mol. The van der Waals surface area contributed by atoms with E-state index in [1.165, 1.54) is 22.2 Å². The molecular formula is C21H21FN4OS. The molecule has 3 aromatic rings. The number of halogens is 1. The Labute approximate surface area is 167 Å². The highest BCUT2D eigenvalue weighted by Crippen LogP contribution is 2.46. The highest BCUT2D eigenvalue weighted by molar-refractivity contribution is 7.23. The molecule has 1 aromatic heterocycles. The molecule has 1 saturated heterocycles. The molecule has 0 spiro atoms. The van der Waals surface area contributed by atoms with E-state index >= 15 is 0 Å². The van der Waals surface area contributed by atoms with Crippen LogP contribution in [-0.2, 0) is 0 Å². The fourth-order valence-electron chi connectivity index (χ4n) is 3.83. The molecule has 0 radical (unpaired) electrons. The van der Waals surface area contributed by atoms with Crippen molar-refractivity contribution in [3.63, 3.8) is 0 Å². The fraction of sp³-hybridized carbons (Fsp3) is 0.286. The van der Waals surface area contributed by atoms with Gasteiger partial charge < -0.3 is 19.9 Å². The minimum absolute atomic E-state index is 0.344. The first-order chi connectivity index (χ1) is 13.6. The summed E-state index contributed by atoms with van der Waals surface area (Å²) >= 11 is 1.67. The number of hydrogen-bond donors (Lipinski definition) is 1. The summed E-state index contributed by atoms with van der Waals surface area (Å²) < 4.78 is 20.8. The third kappa shape index (κ3) is 2.82. The first kappa shape index (κ1) is 17.5. The number of nitrogens with one attached hydrogen (secondary N) is 1. The van der Waals surface area contributed by atoms with E-state index in [-0.39, 0.29) is 5.82 Å². The predicted octanol–water partition coefficient (Wildman–Crippen LogP) is 4.43. The van der Waals surface area contributed by atoms with Crippen molar-refractivity contribution in [3.8, 4) is 5.75 Å². The number of thiophene rings is 1. The highest BCUT2D eigenvalue weighted by atomic mass is 32.1. The number of anilines is 2. The summed E-state index contributed by atoms with van der Waals surface area (Å²) in [7, 11) is 3.69. The van der Waals surface area contributed by atoms with Crippen molar-refractivity contribution < 1.29 is 9.13 Å². The largest absolute Gasteiger partial charge is 0.494 e. The Kier molecular flexibility index (Phi) is 4.21. The smallest absolute Gasteiger partial charge is 0.149 e. The Balaban J connectivity index is 1.76. The normalized spacial score (nSPS) is 16.8. The predicted molar refractivity (Wildman–Crippen MR) is 113 cm³/mol. The molecule has 0 unspecified atom stereocenters. The lowest BCUT2D eigenvalue weighted by molar-refractivity contribution is 0.216. The second kappa shape index (κ2) is 6.76. The fourth-order valence-corrected chi connectivity index (χ4v) is 4.94. The van der Waals surface area contributed by atoms with E-state index in [4.69, 9.17) is 9.73 Å². The minimum atomic E-state index is -0.344. The van der Waals surface area contributed by atoms with Gasteiger partial charge in [0.25, 0.3) is 0 Å². The van der Waals surface area contributed by atoms with Crippen LogP contribution < -0.4 is 10.1 Å². The van der Waals surface area contributed by atoms with E-state index in [9.17, 15) is 4.39 Å². The van der Waals surface area contributed by atoms with E-state index in [1.54, 1.807) is 18.4 Å². The highest BCUT2D eigenvalue weighted by Gasteiger charge is 2.28. The standard InChI is InChI=1S/C21H21FN4OS/c1-25-7-9-26(10-8-25)20-18-14-5-3-4-6-17(14)28-21(18)23-15-11-13(22)12-16(27-2)19(15)24-20/h3-6,11-12,23H,7-10H2,1-2H3. The lowest BCUT2D eigenvalue weighted by atomic mass is 10.1. The quantitative estimate of drug-likeness (QED) is 0.661. The summed E-state index contributed by atoms with van der Waals surface area (Å²) in [6.45, 7) is 3.77. The van der Waals surface area contributed by atoms with Crippen LogP contribution in [0.3, 0.4) is 0 Å². The monoisotopic (exact) mass is 396 g/mol. The van der Waals surface area contributed by atoms with Crippen molar-refractivity contribution in [2.45, 2.75) is 0 Å². The molecule has 0 amide bonds. The molecule has 5 nitrogen and oxygen atoms in total. The van der Waals surface area contributed by atoms with Crippen LogP contribution in [-0.4, -0.2) is 56.0 Å². The maximum atomic E-state index is 14.2. The number of nitrogens with zero attached hydrogens (tertiary/aromatic N) is 3. The Morgan fingerprint density at radius 1 is 1.14 bits per heavy atom. The number of hydrogen-bond acceptors (Lipinski definition) is 6. The molecule has 2 aromatic carbocycles. The third-order valence-electron chi connectivity index (χ3n) is 5.35. The van der Waals surface area contributed by atoms with Gasteiger partial charge in [-0.25, -0.2) is 9.38 Å². The SMILES string of the molecule is COc1cc(F)cc2c1N=C(N1CCN(C)CC1)c1c(sc3ccccc13)N2. The first-order valence-electron chi connectivity index (χ1n) is 9.32. The van der Waals surface area contributed by atoms with Gasteiger partial charge in [0, 0.05) is 42.3 Å². The molecule has 1 fully saturated rings. The Hall–Kier alpha value is -2.64. The van der Waals surface area contributed by atoms with Crippen LogP contribution in [0.2, 0.25) is 0 Å². The van der Waals surface area contributed by atoms with E-state index < -0.39 is 0 Å². The van der Waals surface area contributed by atoms with Crippen molar-refractivity contribution in [2.75, 3.05) is 45.7 Å². The van der Waals surface area contributed by atoms with Crippen LogP contribution in [0.15, 0.2) is 41.4 Å². The Morgan fingerprint density at radius 2 is 1.93 bits per heavy atom. The molecule has 28 heavy (non-hydrogen) atoms. The molecule has 7 heteroatoms. The Morgan fingerprint density at radius 3 is 2.71 bits per heavy atom. The van der Waals surface area contributed by atoms with E-state index in [2.05, 4.69) is 40.4 Å². The molecule has 0 atom stereocenters. The van der Waals surface area contributed by atoms with E-state index in [0.717, 1.165) is 42.6 Å². The van der Waals surface area contributed by atoms with Gasteiger partial charge in [0.15, 0.2) is 0 Å². The summed E-state index contributed by atoms with van der Waals surface area (Å²) in [6, 6.07) is 11.2. The number of methoxy groups -OCH3 is 1. The van der Waals surface area contributed by atoms with Crippen LogP contribution in [0, 0.1) is 5.82 Å². The van der Waals surface area contributed by atoms with Crippen LogP contribution in [0.25, 0.3) is 10.1 Å². The number of fused-ring (bicyclic) bond motifs is 4. The maximum absolute atomic E-state index is 14.2. The number of rotatable bonds is 1. The van der Waals surface area contributed by atoms with Gasteiger partial charge in [-0.1, -0.05) is 18.2 Å². The lowest BCUT2D eigenvalue weighted by Crippen LogP contribution is -2.47. The molecule has 0 saturated carbocycles. The zero-order valence-electron chi connectivity index (χ0n) is 15.8. The summed E-state index contributed by atoms with van der Waals surface area (Å²) in [5, 5.41) is 5.59. The van der Waals surface area contributed by atoms with Crippen LogP contribution >= 0.6 is 11.3 Å². The van der Waals surface area contributed by atoms with Gasteiger partial charge in [0.2, 0.25) is 0 Å².